The van der Waals surface area contributed by atoms with Crippen LogP contribution < -0.4 is 10.6 Å². The summed E-state index contributed by atoms with van der Waals surface area (Å²) in [7, 11) is 0. The molecule has 2 rings (SSSR count). The van der Waals surface area contributed by atoms with Crippen LogP contribution in [0.25, 0.3) is 0 Å². The molecule has 0 spiro atoms. The maximum atomic E-state index is 13.3. The highest BCUT2D eigenvalue weighted by Crippen LogP contribution is 2.16. The number of carbonyl (C=O) groups excluding carboxylic acids is 1. The maximum Gasteiger partial charge on any atom is 0.224 e. The lowest BCUT2D eigenvalue weighted by Gasteiger charge is -2.10. The molecule has 1 aromatic carbocycles. The Labute approximate surface area is 117 Å². The van der Waals surface area contributed by atoms with E-state index in [9.17, 15) is 13.6 Å². The van der Waals surface area contributed by atoms with E-state index >= 15 is 0 Å². The second-order valence-electron chi connectivity index (χ2n) is 4.50. The van der Waals surface area contributed by atoms with Crippen molar-refractivity contribution in [3.8, 4) is 0 Å². The van der Waals surface area contributed by atoms with E-state index in [1.54, 1.807) is 0 Å². The summed E-state index contributed by atoms with van der Waals surface area (Å²) in [5.74, 6) is -1.64. The topological polar surface area (TPSA) is 41.1 Å². The van der Waals surface area contributed by atoms with Gasteiger partial charge in [-0.1, -0.05) is 0 Å². The van der Waals surface area contributed by atoms with Gasteiger partial charge >= 0.3 is 0 Å². The quantitative estimate of drug-likeness (QED) is 0.895. The zero-order valence-electron chi connectivity index (χ0n) is 10.4. The third kappa shape index (κ3) is 4.76. The van der Waals surface area contributed by atoms with Crippen molar-refractivity contribution in [3.05, 3.63) is 29.8 Å². The molecule has 0 bridgehead atoms. The van der Waals surface area contributed by atoms with Gasteiger partial charge in [0.2, 0.25) is 5.91 Å². The average Bonchev–Trinajstić information content (AvgIpc) is 2.83. The van der Waals surface area contributed by atoms with Crippen LogP contribution in [0.1, 0.15) is 25.7 Å². The van der Waals surface area contributed by atoms with Crippen LogP contribution in [0.2, 0.25) is 0 Å². The van der Waals surface area contributed by atoms with Crippen molar-refractivity contribution < 1.29 is 13.6 Å². The Bertz CT molecular complexity index is 437. The van der Waals surface area contributed by atoms with Crippen molar-refractivity contribution in [2.75, 3.05) is 11.9 Å². The van der Waals surface area contributed by atoms with Gasteiger partial charge in [-0.05, 0) is 37.9 Å². The van der Waals surface area contributed by atoms with Crippen molar-refractivity contribution in [2.24, 2.45) is 0 Å². The Morgan fingerprint density at radius 2 is 2.21 bits per heavy atom. The molecule has 2 N–H and O–H groups in total. The third-order valence-electron chi connectivity index (χ3n) is 3.09. The lowest BCUT2D eigenvalue weighted by atomic mass is 10.1. The normalized spacial score (nSPS) is 17.9. The molecule has 19 heavy (non-hydrogen) atoms. The average molecular weight is 291 g/mol. The molecule has 1 saturated heterocycles. The Morgan fingerprint density at radius 3 is 2.84 bits per heavy atom. The van der Waals surface area contributed by atoms with Crippen LogP contribution in [0.4, 0.5) is 14.5 Å². The van der Waals surface area contributed by atoms with Gasteiger partial charge in [-0.25, -0.2) is 8.78 Å². The first-order valence-electron chi connectivity index (χ1n) is 6.13. The molecule has 0 saturated carbocycles. The number of amides is 1. The molecular formula is C13H17ClF2N2O. The minimum atomic E-state index is -0.748. The molecule has 1 aliphatic heterocycles. The van der Waals surface area contributed by atoms with Gasteiger partial charge in [0.05, 0.1) is 5.69 Å². The van der Waals surface area contributed by atoms with E-state index in [0.717, 1.165) is 37.9 Å². The lowest BCUT2D eigenvalue weighted by Crippen LogP contribution is -2.23. The largest absolute Gasteiger partial charge is 0.324 e. The predicted molar refractivity (Wildman–Crippen MR) is 72.5 cm³/mol. The van der Waals surface area contributed by atoms with Crippen molar-refractivity contribution in [1.29, 1.82) is 0 Å². The fraction of sp³-hybridized carbons (Fsp3) is 0.462. The van der Waals surface area contributed by atoms with Gasteiger partial charge in [-0.15, -0.1) is 12.4 Å². The van der Waals surface area contributed by atoms with Crippen LogP contribution in [0.5, 0.6) is 0 Å². The Kier molecular flexibility index (Phi) is 6.18. The van der Waals surface area contributed by atoms with E-state index < -0.39 is 11.6 Å². The van der Waals surface area contributed by atoms with E-state index in [4.69, 9.17) is 0 Å². The zero-order valence-corrected chi connectivity index (χ0v) is 11.2. The van der Waals surface area contributed by atoms with Crippen molar-refractivity contribution in [3.63, 3.8) is 0 Å². The van der Waals surface area contributed by atoms with Crippen LogP contribution in [0, 0.1) is 11.6 Å². The van der Waals surface area contributed by atoms with Crippen LogP contribution >= 0.6 is 12.4 Å². The second kappa shape index (κ2) is 7.40. The summed E-state index contributed by atoms with van der Waals surface area (Å²) in [6, 6.07) is 3.50. The van der Waals surface area contributed by atoms with E-state index in [1.165, 1.54) is 6.07 Å². The molecule has 6 heteroatoms. The first-order chi connectivity index (χ1) is 8.65. The summed E-state index contributed by atoms with van der Waals surface area (Å²) in [6.45, 7) is 0.999. The second-order valence-corrected chi connectivity index (χ2v) is 4.50. The molecule has 1 heterocycles. The number of hydrogen-bond acceptors (Lipinski definition) is 2. The summed E-state index contributed by atoms with van der Waals surface area (Å²) in [6.07, 6.45) is 3.31. The molecular weight excluding hydrogens is 274 g/mol. The fourth-order valence-corrected chi connectivity index (χ4v) is 2.11. The highest BCUT2D eigenvalue weighted by Gasteiger charge is 2.15. The smallest absolute Gasteiger partial charge is 0.224 e. The van der Waals surface area contributed by atoms with Gasteiger partial charge in [0.15, 0.2) is 0 Å². The third-order valence-corrected chi connectivity index (χ3v) is 3.09. The molecule has 3 nitrogen and oxygen atoms in total. The summed E-state index contributed by atoms with van der Waals surface area (Å²) >= 11 is 0. The van der Waals surface area contributed by atoms with Crippen molar-refractivity contribution in [2.45, 2.75) is 31.7 Å². The van der Waals surface area contributed by atoms with Gasteiger partial charge in [-0.3, -0.25) is 4.79 Å². The predicted octanol–water partition coefficient (Wildman–Crippen LogP) is 2.86. The summed E-state index contributed by atoms with van der Waals surface area (Å²) in [4.78, 5) is 11.6. The number of benzene rings is 1. The zero-order chi connectivity index (χ0) is 13.0. The van der Waals surface area contributed by atoms with Crippen LogP contribution in [0.15, 0.2) is 18.2 Å². The number of anilines is 1. The maximum absolute atomic E-state index is 13.3. The number of nitrogens with one attached hydrogen (secondary N) is 2. The number of hydrogen-bond donors (Lipinski definition) is 2. The lowest BCUT2D eigenvalue weighted by molar-refractivity contribution is -0.116. The molecule has 0 aromatic heterocycles. The molecule has 1 aliphatic rings. The molecule has 0 aliphatic carbocycles. The molecule has 106 valence electrons. The van der Waals surface area contributed by atoms with E-state index in [1.807, 2.05) is 0 Å². The van der Waals surface area contributed by atoms with Gasteiger partial charge < -0.3 is 10.6 Å². The molecule has 1 aromatic rings. The summed E-state index contributed by atoms with van der Waals surface area (Å²) < 4.78 is 26.0. The molecule has 1 fully saturated rings. The van der Waals surface area contributed by atoms with E-state index in [-0.39, 0.29) is 24.0 Å². The highest BCUT2D eigenvalue weighted by molar-refractivity contribution is 5.90. The highest BCUT2D eigenvalue weighted by atomic mass is 35.5. The van der Waals surface area contributed by atoms with Crippen molar-refractivity contribution in [1.82, 2.24) is 5.32 Å². The van der Waals surface area contributed by atoms with Gasteiger partial charge in [0.1, 0.15) is 11.6 Å². The fourth-order valence-electron chi connectivity index (χ4n) is 2.11. The molecule has 0 radical (unpaired) electrons. The number of halogens is 3. The molecule has 1 amide bonds. The minimum absolute atomic E-state index is 0. The van der Waals surface area contributed by atoms with Gasteiger partial charge in [0, 0.05) is 18.5 Å². The SMILES string of the molecule is Cl.O=C(CCC1CCCN1)Nc1ccc(F)cc1F. The molecule has 1 atom stereocenters. The van der Waals surface area contributed by atoms with E-state index in [2.05, 4.69) is 10.6 Å². The molecule has 1 unspecified atom stereocenters. The number of rotatable bonds is 4. The van der Waals surface area contributed by atoms with Crippen LogP contribution in [-0.4, -0.2) is 18.5 Å². The van der Waals surface area contributed by atoms with E-state index in [0.29, 0.717) is 12.5 Å². The Balaban J connectivity index is 0.00000180. The first kappa shape index (κ1) is 15.9. The van der Waals surface area contributed by atoms with Crippen molar-refractivity contribution >= 4 is 24.0 Å². The van der Waals surface area contributed by atoms with Gasteiger partial charge in [0.25, 0.3) is 0 Å². The Hall–Kier alpha value is -1.20. The monoisotopic (exact) mass is 290 g/mol. The van der Waals surface area contributed by atoms with Crippen LogP contribution in [0.3, 0.4) is 0 Å². The van der Waals surface area contributed by atoms with Crippen LogP contribution in [-0.2, 0) is 4.79 Å². The minimum Gasteiger partial charge on any atom is -0.324 e. The van der Waals surface area contributed by atoms with Gasteiger partial charge in [-0.2, -0.15) is 0 Å². The standard InChI is InChI=1S/C13H16F2N2O.ClH/c14-9-3-5-12(11(15)8-9)17-13(18)6-4-10-2-1-7-16-10;/h3,5,8,10,16H,1-2,4,6-7H2,(H,17,18);1H. The summed E-state index contributed by atoms with van der Waals surface area (Å²) in [5.41, 5.74) is 0.0285. The summed E-state index contributed by atoms with van der Waals surface area (Å²) in [5, 5.41) is 5.74. The Morgan fingerprint density at radius 1 is 1.42 bits per heavy atom. The number of carbonyl (C=O) groups is 1. The first-order valence-corrected chi connectivity index (χ1v) is 6.13.